The molecule has 1 aromatic heterocycles. The van der Waals surface area contributed by atoms with Gasteiger partial charge in [-0.3, -0.25) is 0 Å². The Balaban J connectivity index is 2.48. The Morgan fingerprint density at radius 3 is 2.69 bits per heavy atom. The van der Waals surface area contributed by atoms with Crippen molar-refractivity contribution in [2.24, 2.45) is 7.05 Å². The molecule has 3 nitrogen and oxygen atoms in total. The summed E-state index contributed by atoms with van der Waals surface area (Å²) < 4.78 is 2.07. The van der Waals surface area contributed by atoms with Crippen LogP contribution in [-0.2, 0) is 13.6 Å². The molecule has 0 saturated heterocycles. The summed E-state index contributed by atoms with van der Waals surface area (Å²) in [5.41, 5.74) is 1.02. The average molecular weight is 182 g/mol. The number of aryl methyl sites for hydroxylation is 1. The van der Waals surface area contributed by atoms with E-state index in [0.717, 1.165) is 6.54 Å². The summed E-state index contributed by atoms with van der Waals surface area (Å²) in [6, 6.07) is 4.09. The Labute approximate surface area is 79.4 Å². The molecule has 3 heteroatoms. The summed E-state index contributed by atoms with van der Waals surface area (Å²) in [6.45, 7) is 4.90. The summed E-state index contributed by atoms with van der Waals surface area (Å²) in [4.78, 5) is 0. The van der Waals surface area contributed by atoms with E-state index in [1.54, 1.807) is 0 Å². The molecule has 0 aliphatic heterocycles. The second-order valence-electron chi connectivity index (χ2n) is 4.01. The molecule has 0 fully saturated rings. The number of aliphatic hydroxyl groups excluding tert-OH is 1. The molecule has 0 aromatic carbocycles. The predicted molar refractivity (Wildman–Crippen MR) is 53.4 cm³/mol. The molecule has 0 spiro atoms. The van der Waals surface area contributed by atoms with Crippen molar-refractivity contribution in [2.75, 3.05) is 6.61 Å². The van der Waals surface area contributed by atoms with Crippen molar-refractivity contribution in [1.82, 2.24) is 9.88 Å². The zero-order valence-electron chi connectivity index (χ0n) is 8.54. The van der Waals surface area contributed by atoms with E-state index >= 15 is 0 Å². The van der Waals surface area contributed by atoms with Crippen LogP contribution in [0.15, 0.2) is 18.3 Å². The molecule has 13 heavy (non-hydrogen) atoms. The van der Waals surface area contributed by atoms with Gasteiger partial charge in [-0.05, 0) is 26.0 Å². The monoisotopic (exact) mass is 182 g/mol. The molecule has 0 aliphatic carbocycles. The normalized spacial score (nSPS) is 12.0. The van der Waals surface area contributed by atoms with Crippen LogP contribution in [0.3, 0.4) is 0 Å². The van der Waals surface area contributed by atoms with Gasteiger partial charge < -0.3 is 15.0 Å². The molecule has 74 valence electrons. The van der Waals surface area contributed by atoms with Crippen molar-refractivity contribution in [3.63, 3.8) is 0 Å². The summed E-state index contributed by atoms with van der Waals surface area (Å²) >= 11 is 0. The molecule has 2 N–H and O–H groups in total. The van der Waals surface area contributed by atoms with E-state index in [1.807, 2.05) is 33.2 Å². The lowest BCUT2D eigenvalue weighted by Crippen LogP contribution is -2.42. The molecule has 1 heterocycles. The molecule has 1 aromatic rings. The van der Waals surface area contributed by atoms with Crippen LogP contribution >= 0.6 is 0 Å². The topological polar surface area (TPSA) is 37.2 Å². The lowest BCUT2D eigenvalue weighted by Gasteiger charge is -2.23. The number of aromatic nitrogens is 1. The highest BCUT2D eigenvalue weighted by Crippen LogP contribution is 2.04. The zero-order valence-corrected chi connectivity index (χ0v) is 8.54. The number of nitrogens with zero attached hydrogens (tertiary/aromatic N) is 1. The Bertz CT molecular complexity index is 266. The Hall–Kier alpha value is -0.800. The maximum absolute atomic E-state index is 9.02. The van der Waals surface area contributed by atoms with Gasteiger partial charge in [0.2, 0.25) is 0 Å². The molecule has 0 bridgehead atoms. The van der Waals surface area contributed by atoms with Gasteiger partial charge >= 0.3 is 0 Å². The van der Waals surface area contributed by atoms with Crippen LogP contribution in [0.5, 0.6) is 0 Å². The summed E-state index contributed by atoms with van der Waals surface area (Å²) in [5.74, 6) is 0. The SMILES string of the molecule is Cn1cccc1CNC(C)(C)CO. The quantitative estimate of drug-likeness (QED) is 0.725. The van der Waals surface area contributed by atoms with E-state index in [-0.39, 0.29) is 12.1 Å². The average Bonchev–Trinajstić information content (AvgIpc) is 2.48. The molecular formula is C10H18N2O. The number of hydrogen-bond donors (Lipinski definition) is 2. The van der Waals surface area contributed by atoms with E-state index in [1.165, 1.54) is 5.69 Å². The Morgan fingerprint density at radius 1 is 1.54 bits per heavy atom. The van der Waals surface area contributed by atoms with E-state index < -0.39 is 0 Å². The van der Waals surface area contributed by atoms with Crippen LogP contribution in [0.25, 0.3) is 0 Å². The number of hydrogen-bond acceptors (Lipinski definition) is 2. The largest absolute Gasteiger partial charge is 0.394 e. The number of nitrogens with one attached hydrogen (secondary N) is 1. The lowest BCUT2D eigenvalue weighted by molar-refractivity contribution is 0.186. The van der Waals surface area contributed by atoms with Crippen LogP contribution in [0.4, 0.5) is 0 Å². The first-order valence-electron chi connectivity index (χ1n) is 4.51. The van der Waals surface area contributed by atoms with Gasteiger partial charge in [-0.15, -0.1) is 0 Å². The third-order valence-corrected chi connectivity index (χ3v) is 2.19. The second kappa shape index (κ2) is 3.94. The molecule has 1 rings (SSSR count). The highest BCUT2D eigenvalue weighted by molar-refractivity contribution is 5.06. The van der Waals surface area contributed by atoms with Gasteiger partial charge in [-0.2, -0.15) is 0 Å². The van der Waals surface area contributed by atoms with Gasteiger partial charge in [0.05, 0.1) is 6.61 Å². The fourth-order valence-corrected chi connectivity index (χ4v) is 1.07. The van der Waals surface area contributed by atoms with Crippen LogP contribution < -0.4 is 5.32 Å². The van der Waals surface area contributed by atoms with Crippen LogP contribution in [-0.4, -0.2) is 21.8 Å². The summed E-state index contributed by atoms with van der Waals surface area (Å²) in [7, 11) is 2.02. The van der Waals surface area contributed by atoms with E-state index in [4.69, 9.17) is 5.11 Å². The maximum atomic E-state index is 9.02. The van der Waals surface area contributed by atoms with Crippen LogP contribution in [0.2, 0.25) is 0 Å². The Morgan fingerprint density at radius 2 is 2.23 bits per heavy atom. The smallest absolute Gasteiger partial charge is 0.0607 e. The minimum Gasteiger partial charge on any atom is -0.394 e. The maximum Gasteiger partial charge on any atom is 0.0607 e. The molecular weight excluding hydrogens is 164 g/mol. The summed E-state index contributed by atoms with van der Waals surface area (Å²) in [6.07, 6.45) is 2.02. The highest BCUT2D eigenvalue weighted by atomic mass is 16.3. The van der Waals surface area contributed by atoms with Crippen molar-refractivity contribution in [3.8, 4) is 0 Å². The molecule has 0 saturated carbocycles. The van der Waals surface area contributed by atoms with Crippen molar-refractivity contribution < 1.29 is 5.11 Å². The van der Waals surface area contributed by atoms with Crippen molar-refractivity contribution in [1.29, 1.82) is 0 Å². The van der Waals surface area contributed by atoms with Crippen LogP contribution in [0, 0.1) is 0 Å². The highest BCUT2D eigenvalue weighted by Gasteiger charge is 2.14. The molecule has 0 radical (unpaired) electrons. The van der Waals surface area contributed by atoms with Gasteiger partial charge in [0.15, 0.2) is 0 Å². The lowest BCUT2D eigenvalue weighted by atomic mass is 10.1. The third-order valence-electron chi connectivity index (χ3n) is 2.19. The van der Waals surface area contributed by atoms with Crippen molar-refractivity contribution >= 4 is 0 Å². The first-order chi connectivity index (χ1) is 6.05. The summed E-state index contributed by atoms with van der Waals surface area (Å²) in [5, 5.41) is 12.3. The van der Waals surface area contributed by atoms with E-state index in [0.29, 0.717) is 0 Å². The second-order valence-corrected chi connectivity index (χ2v) is 4.01. The number of aliphatic hydroxyl groups is 1. The minimum atomic E-state index is -0.204. The molecule has 0 aliphatic rings. The Kier molecular flexibility index (Phi) is 3.12. The minimum absolute atomic E-state index is 0.150. The van der Waals surface area contributed by atoms with Gasteiger partial charge in [0.25, 0.3) is 0 Å². The first-order valence-corrected chi connectivity index (χ1v) is 4.51. The van der Waals surface area contributed by atoms with Gasteiger partial charge in [0.1, 0.15) is 0 Å². The first kappa shape index (κ1) is 10.3. The fraction of sp³-hybridized carbons (Fsp3) is 0.600. The fourth-order valence-electron chi connectivity index (χ4n) is 1.07. The zero-order chi connectivity index (χ0) is 9.90. The van der Waals surface area contributed by atoms with Crippen LogP contribution in [0.1, 0.15) is 19.5 Å². The number of rotatable bonds is 4. The van der Waals surface area contributed by atoms with Gasteiger partial charge in [0, 0.05) is 31.0 Å². The van der Waals surface area contributed by atoms with Crippen molar-refractivity contribution in [2.45, 2.75) is 25.9 Å². The molecule has 0 unspecified atom stereocenters. The van der Waals surface area contributed by atoms with Gasteiger partial charge in [-0.1, -0.05) is 0 Å². The molecule has 0 amide bonds. The standard InChI is InChI=1S/C10H18N2O/c1-10(2,8-13)11-7-9-5-4-6-12(9)3/h4-6,11,13H,7-8H2,1-3H3. The van der Waals surface area contributed by atoms with Gasteiger partial charge in [-0.25, -0.2) is 0 Å². The van der Waals surface area contributed by atoms with Crippen molar-refractivity contribution in [3.05, 3.63) is 24.0 Å². The predicted octanol–water partition coefficient (Wildman–Crippen LogP) is 0.886. The third kappa shape index (κ3) is 2.86. The van der Waals surface area contributed by atoms with E-state index in [9.17, 15) is 0 Å². The van der Waals surface area contributed by atoms with E-state index in [2.05, 4.69) is 16.0 Å². The molecule has 0 atom stereocenters.